The first-order valence-electron chi connectivity index (χ1n) is 5.72. The Hall–Kier alpha value is -2.11. The summed E-state index contributed by atoms with van der Waals surface area (Å²) < 4.78 is 22.6. The van der Waals surface area contributed by atoms with E-state index in [9.17, 15) is 14.0 Å². The van der Waals surface area contributed by atoms with Gasteiger partial charge in [-0.1, -0.05) is 6.07 Å². The Balaban J connectivity index is 2.44. The summed E-state index contributed by atoms with van der Waals surface area (Å²) in [5.41, 5.74) is 0.536. The van der Waals surface area contributed by atoms with Gasteiger partial charge in [0.15, 0.2) is 11.6 Å². The molecule has 0 heterocycles. The first-order chi connectivity index (χ1) is 9.06. The third-order valence-electron chi connectivity index (χ3n) is 2.46. The second-order valence-electron chi connectivity index (χ2n) is 3.82. The van der Waals surface area contributed by atoms with Crippen LogP contribution in [0.25, 0.3) is 0 Å². The molecule has 0 aliphatic carbocycles. The standard InChI is InChI=1S/C13H16FNO4/c1-18-11-4-3-9(7-10(11)14)8-12(16)15-6-5-13(17)19-2/h3-4,7H,5-6,8H2,1-2H3,(H,15,16). The lowest BCUT2D eigenvalue weighted by atomic mass is 10.1. The molecular weight excluding hydrogens is 253 g/mol. The molecule has 0 saturated carbocycles. The minimum Gasteiger partial charge on any atom is -0.494 e. The fourth-order valence-corrected chi connectivity index (χ4v) is 1.47. The van der Waals surface area contributed by atoms with Crippen molar-refractivity contribution in [2.45, 2.75) is 12.8 Å². The van der Waals surface area contributed by atoms with Crippen LogP contribution in [0.1, 0.15) is 12.0 Å². The van der Waals surface area contributed by atoms with Crippen molar-refractivity contribution < 1.29 is 23.5 Å². The van der Waals surface area contributed by atoms with Crippen molar-refractivity contribution in [3.63, 3.8) is 0 Å². The van der Waals surface area contributed by atoms with Crippen LogP contribution < -0.4 is 10.1 Å². The van der Waals surface area contributed by atoms with E-state index in [4.69, 9.17) is 4.74 Å². The number of amides is 1. The lowest BCUT2D eigenvalue weighted by Gasteiger charge is -2.06. The number of ether oxygens (including phenoxy) is 2. The Morgan fingerprint density at radius 1 is 1.32 bits per heavy atom. The molecule has 6 heteroatoms. The summed E-state index contributed by atoms with van der Waals surface area (Å²) in [5.74, 6) is -1.05. The largest absolute Gasteiger partial charge is 0.494 e. The van der Waals surface area contributed by atoms with Gasteiger partial charge in [-0.05, 0) is 17.7 Å². The monoisotopic (exact) mass is 269 g/mol. The minimum atomic E-state index is -0.512. The Morgan fingerprint density at radius 2 is 2.05 bits per heavy atom. The van der Waals surface area contributed by atoms with Gasteiger partial charge >= 0.3 is 5.97 Å². The van der Waals surface area contributed by atoms with Crippen molar-refractivity contribution in [1.82, 2.24) is 5.32 Å². The van der Waals surface area contributed by atoms with Crippen molar-refractivity contribution in [1.29, 1.82) is 0 Å². The van der Waals surface area contributed by atoms with Gasteiger partial charge < -0.3 is 14.8 Å². The summed E-state index contributed by atoms with van der Waals surface area (Å²) in [6.45, 7) is 0.199. The maximum atomic E-state index is 13.4. The van der Waals surface area contributed by atoms with Gasteiger partial charge in [0.1, 0.15) is 0 Å². The van der Waals surface area contributed by atoms with Crippen molar-refractivity contribution in [2.75, 3.05) is 20.8 Å². The van der Waals surface area contributed by atoms with E-state index in [0.29, 0.717) is 5.56 Å². The summed E-state index contributed by atoms with van der Waals surface area (Å²) in [6, 6.07) is 4.33. The molecule has 0 unspecified atom stereocenters. The first kappa shape index (κ1) is 14.9. The summed E-state index contributed by atoms with van der Waals surface area (Å²) in [6.07, 6.45) is 0.154. The fourth-order valence-electron chi connectivity index (χ4n) is 1.47. The summed E-state index contributed by atoms with van der Waals surface area (Å²) in [4.78, 5) is 22.4. The molecular formula is C13H16FNO4. The molecule has 19 heavy (non-hydrogen) atoms. The van der Waals surface area contributed by atoms with Crippen LogP contribution in [-0.4, -0.2) is 32.6 Å². The number of halogens is 1. The Labute approximate surface area is 110 Å². The molecule has 1 rings (SSSR count). The third kappa shape index (κ3) is 4.95. The number of rotatable bonds is 6. The average Bonchev–Trinajstić information content (AvgIpc) is 2.38. The van der Waals surface area contributed by atoms with Gasteiger partial charge in [0.25, 0.3) is 0 Å². The molecule has 0 aliphatic heterocycles. The summed E-state index contributed by atoms with van der Waals surface area (Å²) in [5, 5.41) is 2.55. The van der Waals surface area contributed by atoms with E-state index in [-0.39, 0.29) is 31.0 Å². The summed E-state index contributed by atoms with van der Waals surface area (Å²) >= 11 is 0. The predicted molar refractivity (Wildman–Crippen MR) is 66.3 cm³/mol. The van der Waals surface area contributed by atoms with Crippen LogP contribution in [0.15, 0.2) is 18.2 Å². The Bertz CT molecular complexity index is 462. The molecule has 1 amide bonds. The molecule has 0 radical (unpaired) electrons. The number of hydrogen-bond acceptors (Lipinski definition) is 4. The van der Waals surface area contributed by atoms with Crippen LogP contribution in [0.4, 0.5) is 4.39 Å². The van der Waals surface area contributed by atoms with E-state index in [2.05, 4.69) is 10.1 Å². The molecule has 0 aliphatic rings. The predicted octanol–water partition coefficient (Wildman–Crippen LogP) is 1.06. The molecule has 1 aromatic carbocycles. The second-order valence-corrected chi connectivity index (χ2v) is 3.82. The molecule has 0 saturated heterocycles. The molecule has 0 fully saturated rings. The van der Waals surface area contributed by atoms with Gasteiger partial charge in [0.05, 0.1) is 27.1 Å². The second kappa shape index (κ2) is 7.35. The molecule has 1 N–H and O–H groups in total. The molecule has 1 aromatic rings. The highest BCUT2D eigenvalue weighted by Crippen LogP contribution is 2.17. The lowest BCUT2D eigenvalue weighted by molar-refractivity contribution is -0.140. The van der Waals surface area contributed by atoms with Crippen molar-refractivity contribution >= 4 is 11.9 Å². The van der Waals surface area contributed by atoms with E-state index in [1.54, 1.807) is 6.07 Å². The van der Waals surface area contributed by atoms with Crippen LogP contribution in [0.2, 0.25) is 0 Å². The summed E-state index contributed by atoms with van der Waals surface area (Å²) in [7, 11) is 2.65. The van der Waals surface area contributed by atoms with Crippen molar-refractivity contribution in [2.24, 2.45) is 0 Å². The Kier molecular flexibility index (Phi) is 5.78. The van der Waals surface area contributed by atoms with Gasteiger partial charge in [-0.3, -0.25) is 9.59 Å². The zero-order valence-corrected chi connectivity index (χ0v) is 10.9. The number of carbonyl (C=O) groups is 2. The average molecular weight is 269 g/mol. The molecule has 0 bridgehead atoms. The van der Waals surface area contributed by atoms with E-state index < -0.39 is 11.8 Å². The SMILES string of the molecule is COC(=O)CCNC(=O)Cc1ccc(OC)c(F)c1. The highest BCUT2D eigenvalue weighted by Gasteiger charge is 2.08. The maximum absolute atomic E-state index is 13.4. The zero-order chi connectivity index (χ0) is 14.3. The quantitative estimate of drug-likeness (QED) is 0.784. The van der Waals surface area contributed by atoms with Crippen molar-refractivity contribution in [3.05, 3.63) is 29.6 Å². The molecule has 104 valence electrons. The molecule has 5 nitrogen and oxygen atoms in total. The topological polar surface area (TPSA) is 64.6 Å². The van der Waals surface area contributed by atoms with E-state index in [1.165, 1.54) is 26.4 Å². The first-order valence-corrected chi connectivity index (χ1v) is 5.72. The highest BCUT2D eigenvalue weighted by atomic mass is 19.1. The maximum Gasteiger partial charge on any atom is 0.307 e. The normalized spacial score (nSPS) is 9.84. The van der Waals surface area contributed by atoms with Crippen LogP contribution >= 0.6 is 0 Å². The van der Waals surface area contributed by atoms with Gasteiger partial charge in [0, 0.05) is 6.54 Å². The Morgan fingerprint density at radius 3 is 2.63 bits per heavy atom. The smallest absolute Gasteiger partial charge is 0.307 e. The van der Waals surface area contributed by atoms with E-state index in [1.807, 2.05) is 0 Å². The molecule has 0 aromatic heterocycles. The zero-order valence-electron chi connectivity index (χ0n) is 10.9. The number of esters is 1. The van der Waals surface area contributed by atoms with E-state index in [0.717, 1.165) is 0 Å². The number of methoxy groups -OCH3 is 2. The lowest BCUT2D eigenvalue weighted by Crippen LogP contribution is -2.27. The number of hydrogen-bond donors (Lipinski definition) is 1. The van der Waals surface area contributed by atoms with Crippen LogP contribution in [-0.2, 0) is 20.7 Å². The molecule has 0 atom stereocenters. The number of benzene rings is 1. The molecule has 0 spiro atoms. The van der Waals surface area contributed by atoms with E-state index >= 15 is 0 Å². The number of nitrogens with one attached hydrogen (secondary N) is 1. The van der Waals surface area contributed by atoms with Gasteiger partial charge in [-0.15, -0.1) is 0 Å². The van der Waals surface area contributed by atoms with Gasteiger partial charge in [-0.2, -0.15) is 0 Å². The van der Waals surface area contributed by atoms with Gasteiger partial charge in [0.2, 0.25) is 5.91 Å². The highest BCUT2D eigenvalue weighted by molar-refractivity contribution is 5.79. The number of carbonyl (C=O) groups excluding carboxylic acids is 2. The van der Waals surface area contributed by atoms with Crippen LogP contribution in [0.5, 0.6) is 5.75 Å². The van der Waals surface area contributed by atoms with Crippen LogP contribution in [0.3, 0.4) is 0 Å². The third-order valence-corrected chi connectivity index (χ3v) is 2.46. The minimum absolute atomic E-state index is 0.0437. The van der Waals surface area contributed by atoms with Gasteiger partial charge in [-0.25, -0.2) is 4.39 Å². The fraction of sp³-hybridized carbons (Fsp3) is 0.385. The van der Waals surface area contributed by atoms with Crippen molar-refractivity contribution in [3.8, 4) is 5.75 Å². The van der Waals surface area contributed by atoms with Crippen LogP contribution in [0, 0.1) is 5.82 Å².